The molecule has 0 aliphatic carbocycles. The quantitative estimate of drug-likeness (QED) is 0.732. The molecule has 0 amide bonds. The average molecular weight is 172 g/mol. The minimum absolute atomic E-state index is 0.375. The predicted octanol–water partition coefficient (Wildman–Crippen LogP) is 1.38. The summed E-state index contributed by atoms with van der Waals surface area (Å²) in [5.74, 6) is 2.85. The predicted molar refractivity (Wildman–Crippen MR) is 53.9 cm³/mol. The topological polar surface area (TPSA) is 24.4 Å². The minimum Gasteiger partial charge on any atom is -0.304 e. The van der Waals surface area contributed by atoms with Gasteiger partial charge in [-0.3, -0.25) is 0 Å². The van der Waals surface area contributed by atoms with E-state index in [0.717, 1.165) is 13.1 Å². The Morgan fingerprint density at radius 3 is 2.92 bits per heavy atom. The number of nitrogens with zero attached hydrogens (tertiary/aromatic N) is 1. The summed E-state index contributed by atoms with van der Waals surface area (Å²) >= 11 is 0. The number of nitrogens with one attached hydrogen (secondary N) is 1. The molecule has 0 radical (unpaired) electrons. The summed E-state index contributed by atoms with van der Waals surface area (Å²) in [6.07, 6.45) is 1.98. The first-order valence-electron chi connectivity index (χ1n) is 4.48. The molecule has 0 bridgehead atoms. The maximum absolute atomic E-state index is 4.01. The van der Waals surface area contributed by atoms with Crippen LogP contribution in [0.25, 0.3) is 0 Å². The van der Waals surface area contributed by atoms with Crippen molar-refractivity contribution in [2.24, 2.45) is 4.99 Å². The Morgan fingerprint density at radius 2 is 2.23 bits per heavy atom. The van der Waals surface area contributed by atoms with Gasteiger partial charge in [-0.2, -0.15) is 0 Å². The highest BCUT2D eigenvalue weighted by atomic mass is 14.9. The molecule has 1 heterocycles. The lowest BCUT2D eigenvalue weighted by Gasteiger charge is -2.08. The van der Waals surface area contributed by atoms with E-state index in [0.29, 0.717) is 6.04 Å². The molecular formula is C11H12N2. The molecule has 0 saturated heterocycles. The van der Waals surface area contributed by atoms with Gasteiger partial charge in [0.15, 0.2) is 0 Å². The molecule has 2 heteroatoms. The molecule has 1 N–H and O–H groups in total. The van der Waals surface area contributed by atoms with Crippen molar-refractivity contribution in [1.82, 2.24) is 5.32 Å². The third-order valence-electron chi connectivity index (χ3n) is 2.07. The SMILES string of the molecule is C1=CC(NCc2ccccc2)CN=1. The van der Waals surface area contributed by atoms with E-state index in [2.05, 4.69) is 40.4 Å². The van der Waals surface area contributed by atoms with Gasteiger partial charge >= 0.3 is 0 Å². The molecule has 0 spiro atoms. The van der Waals surface area contributed by atoms with Gasteiger partial charge in [0.1, 0.15) is 0 Å². The van der Waals surface area contributed by atoms with E-state index in [1.54, 1.807) is 0 Å². The van der Waals surface area contributed by atoms with E-state index < -0.39 is 0 Å². The van der Waals surface area contributed by atoms with Crippen LogP contribution in [-0.4, -0.2) is 18.5 Å². The molecule has 2 nitrogen and oxygen atoms in total. The molecule has 0 fully saturated rings. The zero-order chi connectivity index (χ0) is 8.93. The van der Waals surface area contributed by atoms with Crippen LogP contribution in [0.4, 0.5) is 0 Å². The molecule has 1 atom stereocenters. The van der Waals surface area contributed by atoms with Crippen molar-refractivity contribution in [3.8, 4) is 0 Å². The lowest BCUT2D eigenvalue weighted by Crippen LogP contribution is -2.27. The molecule has 1 aromatic rings. The second-order valence-corrected chi connectivity index (χ2v) is 3.11. The van der Waals surface area contributed by atoms with Crippen LogP contribution in [0.2, 0.25) is 0 Å². The smallest absolute Gasteiger partial charge is 0.0680 e. The van der Waals surface area contributed by atoms with Gasteiger partial charge in [-0.1, -0.05) is 30.3 Å². The minimum atomic E-state index is 0.375. The third-order valence-corrected chi connectivity index (χ3v) is 2.07. The van der Waals surface area contributed by atoms with Crippen LogP contribution in [0.3, 0.4) is 0 Å². The van der Waals surface area contributed by atoms with Crippen molar-refractivity contribution < 1.29 is 0 Å². The van der Waals surface area contributed by atoms with Crippen molar-refractivity contribution in [3.05, 3.63) is 42.0 Å². The Bertz CT molecular complexity index is 323. The molecule has 1 aliphatic heterocycles. The fourth-order valence-corrected chi connectivity index (χ4v) is 1.31. The monoisotopic (exact) mass is 172 g/mol. The molecule has 1 unspecified atom stereocenters. The highest BCUT2D eigenvalue weighted by molar-refractivity contribution is 5.56. The van der Waals surface area contributed by atoms with E-state index in [-0.39, 0.29) is 0 Å². The average Bonchev–Trinajstić information content (AvgIpc) is 2.69. The fraction of sp³-hybridized carbons (Fsp3) is 0.273. The van der Waals surface area contributed by atoms with Crippen LogP contribution >= 0.6 is 0 Å². The highest BCUT2D eigenvalue weighted by Crippen LogP contribution is 1.99. The summed E-state index contributed by atoms with van der Waals surface area (Å²) in [5.41, 5.74) is 1.31. The Balaban J connectivity index is 1.83. The molecular weight excluding hydrogens is 160 g/mol. The summed E-state index contributed by atoms with van der Waals surface area (Å²) in [6, 6.07) is 10.7. The Kier molecular flexibility index (Phi) is 2.56. The van der Waals surface area contributed by atoms with Gasteiger partial charge in [0, 0.05) is 6.54 Å². The van der Waals surface area contributed by atoms with Crippen molar-refractivity contribution in [2.45, 2.75) is 12.6 Å². The van der Waals surface area contributed by atoms with E-state index in [1.807, 2.05) is 12.1 Å². The van der Waals surface area contributed by atoms with Crippen molar-refractivity contribution in [2.75, 3.05) is 6.54 Å². The summed E-state index contributed by atoms with van der Waals surface area (Å²) in [4.78, 5) is 4.01. The first kappa shape index (κ1) is 8.24. The maximum Gasteiger partial charge on any atom is 0.0680 e. The lowest BCUT2D eigenvalue weighted by molar-refractivity contribution is 0.612. The van der Waals surface area contributed by atoms with Crippen LogP contribution in [0.15, 0.2) is 41.4 Å². The van der Waals surface area contributed by atoms with E-state index >= 15 is 0 Å². The van der Waals surface area contributed by atoms with E-state index in [4.69, 9.17) is 0 Å². The van der Waals surface area contributed by atoms with Gasteiger partial charge < -0.3 is 5.32 Å². The summed E-state index contributed by atoms with van der Waals surface area (Å²) in [5, 5.41) is 3.39. The molecule has 13 heavy (non-hydrogen) atoms. The van der Waals surface area contributed by atoms with Gasteiger partial charge in [-0.05, 0) is 17.5 Å². The van der Waals surface area contributed by atoms with Crippen molar-refractivity contribution in [3.63, 3.8) is 0 Å². The standard InChI is InChI=1S/C11H12N2/c1-2-4-10(5-3-1)8-13-11-6-7-12-9-11/h1-6,11,13H,8-9H2. The third kappa shape index (κ3) is 2.28. The van der Waals surface area contributed by atoms with Gasteiger partial charge in [0.2, 0.25) is 0 Å². The first-order valence-corrected chi connectivity index (χ1v) is 4.48. The highest BCUT2D eigenvalue weighted by Gasteiger charge is 2.05. The molecule has 0 saturated carbocycles. The number of hydrogen-bond acceptors (Lipinski definition) is 2. The summed E-state index contributed by atoms with van der Waals surface area (Å²) < 4.78 is 0. The van der Waals surface area contributed by atoms with Gasteiger partial charge in [-0.25, -0.2) is 4.99 Å². The number of hydrogen-bond donors (Lipinski definition) is 1. The molecule has 2 rings (SSSR count). The second-order valence-electron chi connectivity index (χ2n) is 3.11. The number of aliphatic imine (C=N–C) groups is 1. The maximum atomic E-state index is 4.01. The van der Waals surface area contributed by atoms with Crippen LogP contribution in [0.1, 0.15) is 5.56 Å². The Morgan fingerprint density at radius 1 is 1.38 bits per heavy atom. The zero-order valence-corrected chi connectivity index (χ0v) is 7.40. The fourth-order valence-electron chi connectivity index (χ4n) is 1.31. The van der Waals surface area contributed by atoms with Crippen molar-refractivity contribution >= 4 is 5.87 Å². The largest absolute Gasteiger partial charge is 0.304 e. The summed E-state index contributed by atoms with van der Waals surface area (Å²) in [7, 11) is 0. The van der Waals surface area contributed by atoms with Gasteiger partial charge in [0.05, 0.1) is 12.6 Å². The van der Waals surface area contributed by atoms with Crippen LogP contribution in [0, 0.1) is 0 Å². The number of rotatable bonds is 3. The van der Waals surface area contributed by atoms with Gasteiger partial charge in [0.25, 0.3) is 0 Å². The van der Waals surface area contributed by atoms with E-state index in [9.17, 15) is 0 Å². The molecule has 1 aromatic carbocycles. The van der Waals surface area contributed by atoms with Crippen molar-refractivity contribution in [1.29, 1.82) is 0 Å². The van der Waals surface area contributed by atoms with Crippen LogP contribution in [-0.2, 0) is 6.54 Å². The molecule has 1 aliphatic rings. The normalized spacial score (nSPS) is 19.5. The first-order chi connectivity index (χ1) is 6.45. The second kappa shape index (κ2) is 4.04. The van der Waals surface area contributed by atoms with Crippen LogP contribution < -0.4 is 5.32 Å². The van der Waals surface area contributed by atoms with Gasteiger partial charge in [-0.15, -0.1) is 0 Å². The number of benzene rings is 1. The summed E-state index contributed by atoms with van der Waals surface area (Å²) in [6.45, 7) is 1.73. The Labute approximate surface area is 78.0 Å². The lowest BCUT2D eigenvalue weighted by atomic mass is 10.2. The van der Waals surface area contributed by atoms with Crippen LogP contribution in [0.5, 0.6) is 0 Å². The molecule has 0 aromatic heterocycles. The molecule has 66 valence electrons. The van der Waals surface area contributed by atoms with E-state index in [1.165, 1.54) is 5.56 Å². The Hall–Kier alpha value is -1.37. The zero-order valence-electron chi connectivity index (χ0n) is 7.40.